The van der Waals surface area contributed by atoms with Crippen LogP contribution in [0.5, 0.6) is 0 Å². The number of rotatable bonds is 4. The van der Waals surface area contributed by atoms with Crippen LogP contribution < -0.4 is 0 Å². The van der Waals surface area contributed by atoms with E-state index < -0.39 is 0 Å². The first kappa shape index (κ1) is 15.5. The minimum absolute atomic E-state index is 0.973. The molecule has 0 spiro atoms. The van der Waals surface area contributed by atoms with E-state index in [9.17, 15) is 0 Å². The van der Waals surface area contributed by atoms with Gasteiger partial charge in [-0.25, -0.2) is 0 Å². The monoisotopic (exact) mass is 260 g/mol. The predicted molar refractivity (Wildman–Crippen MR) is 91.3 cm³/mol. The molecule has 0 aliphatic rings. The molecule has 100 valence electrons. The molecule has 2 aromatic rings. The van der Waals surface area contributed by atoms with Gasteiger partial charge in [-0.05, 0) is 22.3 Å². The van der Waals surface area contributed by atoms with Gasteiger partial charge in [0.15, 0.2) is 0 Å². The first-order chi connectivity index (χ1) is 9.69. The molecule has 2 aromatic carbocycles. The standard InChI is InChI=1S/2C10H10/c2*1-3-9(2)10-7-5-4-6-8-10/h2*3-8H,1-2H2. The van der Waals surface area contributed by atoms with Gasteiger partial charge in [0, 0.05) is 0 Å². The first-order valence-electron chi connectivity index (χ1n) is 6.42. The summed E-state index contributed by atoms with van der Waals surface area (Å²) in [4.78, 5) is 0. The molecule has 0 amide bonds. The molecular weight excluding hydrogens is 240 g/mol. The van der Waals surface area contributed by atoms with E-state index in [1.165, 1.54) is 0 Å². The zero-order valence-electron chi connectivity index (χ0n) is 11.8. The van der Waals surface area contributed by atoms with Crippen LogP contribution in [-0.2, 0) is 0 Å². The van der Waals surface area contributed by atoms with Gasteiger partial charge in [0.05, 0.1) is 0 Å². The molecule has 0 fully saturated rings. The third kappa shape index (κ3) is 4.95. The van der Waals surface area contributed by atoms with Crippen LogP contribution in [0.25, 0.3) is 11.1 Å². The van der Waals surface area contributed by atoms with E-state index in [0.717, 1.165) is 22.3 Å². The SMILES string of the molecule is C=CC(=C)c1ccccc1.C=CC(=C)c1ccccc1. The van der Waals surface area contributed by atoms with Crippen LogP contribution in [0, 0.1) is 0 Å². The highest BCUT2D eigenvalue weighted by atomic mass is 13.9. The summed E-state index contributed by atoms with van der Waals surface area (Å²) in [6.07, 6.45) is 3.52. The topological polar surface area (TPSA) is 0 Å². The Morgan fingerprint density at radius 3 is 1.15 bits per heavy atom. The first-order valence-corrected chi connectivity index (χ1v) is 6.42. The lowest BCUT2D eigenvalue weighted by atomic mass is 10.1. The van der Waals surface area contributed by atoms with Crippen LogP contribution in [0.2, 0.25) is 0 Å². The highest BCUT2D eigenvalue weighted by molar-refractivity contribution is 5.71. The normalized spacial score (nSPS) is 8.80. The third-order valence-electron chi connectivity index (χ3n) is 2.78. The summed E-state index contributed by atoms with van der Waals surface area (Å²) in [5, 5.41) is 0. The molecule has 0 radical (unpaired) electrons. The van der Waals surface area contributed by atoms with E-state index in [0.29, 0.717) is 0 Å². The maximum absolute atomic E-state index is 3.83. The van der Waals surface area contributed by atoms with Crippen LogP contribution in [0.15, 0.2) is 99.1 Å². The summed E-state index contributed by atoms with van der Waals surface area (Å²) < 4.78 is 0. The molecule has 0 saturated carbocycles. The van der Waals surface area contributed by atoms with Gasteiger partial charge in [0.25, 0.3) is 0 Å². The van der Waals surface area contributed by atoms with Crippen molar-refractivity contribution in [1.29, 1.82) is 0 Å². The third-order valence-corrected chi connectivity index (χ3v) is 2.78. The van der Waals surface area contributed by atoms with Gasteiger partial charge in [0.2, 0.25) is 0 Å². The highest BCUT2D eigenvalue weighted by Gasteiger charge is 1.89. The van der Waals surface area contributed by atoms with E-state index in [1.807, 2.05) is 60.7 Å². The molecule has 0 aliphatic heterocycles. The average molecular weight is 260 g/mol. The Kier molecular flexibility index (Phi) is 6.56. The fraction of sp³-hybridized carbons (Fsp3) is 0. The van der Waals surface area contributed by atoms with Crippen LogP contribution in [-0.4, -0.2) is 0 Å². The Morgan fingerprint density at radius 1 is 0.600 bits per heavy atom. The zero-order chi connectivity index (χ0) is 14.8. The van der Waals surface area contributed by atoms with E-state index in [1.54, 1.807) is 12.2 Å². The van der Waals surface area contributed by atoms with Crippen molar-refractivity contribution in [2.24, 2.45) is 0 Å². The molecule has 0 N–H and O–H groups in total. The van der Waals surface area contributed by atoms with Crippen molar-refractivity contribution < 1.29 is 0 Å². The average Bonchev–Trinajstić information content (AvgIpc) is 2.55. The summed E-state index contributed by atoms with van der Waals surface area (Å²) in [5.41, 5.74) is 4.22. The van der Waals surface area contributed by atoms with Gasteiger partial charge in [-0.2, -0.15) is 0 Å². The van der Waals surface area contributed by atoms with Crippen molar-refractivity contribution in [2.45, 2.75) is 0 Å². The fourth-order valence-corrected chi connectivity index (χ4v) is 1.54. The second-order valence-corrected chi connectivity index (χ2v) is 4.19. The zero-order valence-corrected chi connectivity index (χ0v) is 11.8. The van der Waals surface area contributed by atoms with Gasteiger partial charge in [-0.3, -0.25) is 0 Å². The fourth-order valence-electron chi connectivity index (χ4n) is 1.54. The van der Waals surface area contributed by atoms with Crippen LogP contribution in [0.4, 0.5) is 0 Å². The summed E-state index contributed by atoms with van der Waals surface area (Å²) in [7, 11) is 0. The molecule has 0 aromatic heterocycles. The molecule has 20 heavy (non-hydrogen) atoms. The lowest BCUT2D eigenvalue weighted by Crippen LogP contribution is -1.74. The molecule has 0 bridgehead atoms. The molecular formula is C20H20. The quantitative estimate of drug-likeness (QED) is 0.612. The molecule has 2 rings (SSSR count). The predicted octanol–water partition coefficient (Wildman–Crippen LogP) is 5.77. The minimum Gasteiger partial charge on any atom is -0.0985 e. The summed E-state index contributed by atoms with van der Waals surface area (Å²) in [6, 6.07) is 20.0. The molecule has 0 saturated heterocycles. The minimum atomic E-state index is 0.973. The molecule has 0 unspecified atom stereocenters. The van der Waals surface area contributed by atoms with Crippen LogP contribution in [0.3, 0.4) is 0 Å². The van der Waals surface area contributed by atoms with Crippen LogP contribution in [0.1, 0.15) is 11.1 Å². The Balaban J connectivity index is 0.000000200. The van der Waals surface area contributed by atoms with Crippen molar-refractivity contribution in [2.75, 3.05) is 0 Å². The molecule has 0 nitrogen and oxygen atoms in total. The number of allylic oxidation sites excluding steroid dienone is 4. The van der Waals surface area contributed by atoms with Gasteiger partial charge in [-0.1, -0.05) is 99.1 Å². The summed E-state index contributed by atoms with van der Waals surface area (Å²) in [5.74, 6) is 0. The summed E-state index contributed by atoms with van der Waals surface area (Å²) in [6.45, 7) is 14.9. The van der Waals surface area contributed by atoms with E-state index in [4.69, 9.17) is 0 Å². The van der Waals surface area contributed by atoms with Gasteiger partial charge in [0.1, 0.15) is 0 Å². The number of hydrogen-bond acceptors (Lipinski definition) is 0. The lowest BCUT2D eigenvalue weighted by Gasteiger charge is -1.96. The maximum Gasteiger partial charge on any atom is -0.0190 e. The van der Waals surface area contributed by atoms with E-state index in [2.05, 4.69) is 26.3 Å². The Hall–Kier alpha value is -2.60. The van der Waals surface area contributed by atoms with E-state index >= 15 is 0 Å². The van der Waals surface area contributed by atoms with Crippen molar-refractivity contribution in [3.05, 3.63) is 110 Å². The Bertz CT molecular complexity index is 518. The van der Waals surface area contributed by atoms with E-state index in [-0.39, 0.29) is 0 Å². The molecule has 0 aliphatic carbocycles. The van der Waals surface area contributed by atoms with Crippen molar-refractivity contribution in [3.8, 4) is 0 Å². The number of hydrogen-bond donors (Lipinski definition) is 0. The maximum atomic E-state index is 3.83. The lowest BCUT2D eigenvalue weighted by molar-refractivity contribution is 1.63. The van der Waals surface area contributed by atoms with Crippen molar-refractivity contribution in [1.82, 2.24) is 0 Å². The highest BCUT2D eigenvalue weighted by Crippen LogP contribution is 2.11. The summed E-state index contributed by atoms with van der Waals surface area (Å²) >= 11 is 0. The van der Waals surface area contributed by atoms with Gasteiger partial charge < -0.3 is 0 Å². The van der Waals surface area contributed by atoms with Gasteiger partial charge in [-0.15, -0.1) is 0 Å². The molecule has 0 heterocycles. The van der Waals surface area contributed by atoms with Crippen LogP contribution >= 0.6 is 0 Å². The smallest absolute Gasteiger partial charge is 0.0190 e. The second kappa shape index (κ2) is 8.49. The van der Waals surface area contributed by atoms with Crippen molar-refractivity contribution in [3.63, 3.8) is 0 Å². The second-order valence-electron chi connectivity index (χ2n) is 4.19. The van der Waals surface area contributed by atoms with Crippen molar-refractivity contribution >= 4 is 11.1 Å². The molecule has 0 atom stereocenters. The van der Waals surface area contributed by atoms with Gasteiger partial charge >= 0.3 is 0 Å². The Morgan fingerprint density at radius 2 is 0.900 bits per heavy atom. The largest absolute Gasteiger partial charge is 0.0985 e. The number of benzene rings is 2. The Labute approximate surface area is 122 Å². The molecule has 0 heteroatoms.